The predicted molar refractivity (Wildman–Crippen MR) is 199 cm³/mol. The molecule has 5 aromatic rings. The van der Waals surface area contributed by atoms with E-state index in [9.17, 15) is 10.2 Å². The lowest BCUT2D eigenvalue weighted by Crippen LogP contribution is -2.43. The average molecular weight is 630 g/mol. The van der Waals surface area contributed by atoms with Crippen molar-refractivity contribution >= 4 is 23.2 Å². The van der Waals surface area contributed by atoms with Gasteiger partial charge < -0.3 is 10.2 Å². The summed E-state index contributed by atoms with van der Waals surface area (Å²) in [5, 5.41) is 24.9. The number of hydrogen-bond acceptors (Lipinski definition) is 2. The highest BCUT2D eigenvalue weighted by molar-refractivity contribution is 7.95. The predicted octanol–water partition coefficient (Wildman–Crippen LogP) is 10.3. The fraction of sp³-hybridized carbons (Fsp3) is 0.302. The summed E-state index contributed by atoms with van der Waals surface area (Å²) in [6, 6.07) is 49.3. The lowest BCUT2D eigenvalue weighted by atomic mass is 9.72. The molecule has 0 fully saturated rings. The molecule has 0 aliphatic rings. The average Bonchev–Trinajstić information content (AvgIpc) is 3.11. The molecule has 0 bridgehead atoms. The molecule has 0 atom stereocenters. The van der Waals surface area contributed by atoms with E-state index in [1.54, 1.807) is 0 Å². The van der Waals surface area contributed by atoms with Crippen LogP contribution in [0.2, 0.25) is 0 Å². The normalized spacial score (nSPS) is 11.8. The Hall–Kier alpha value is -3.87. The van der Waals surface area contributed by atoms with Gasteiger partial charge in [0.2, 0.25) is 0 Å². The minimum absolute atomic E-state index is 0.279. The quantitative estimate of drug-likeness (QED) is 0.0794. The van der Waals surface area contributed by atoms with E-state index in [4.69, 9.17) is 0 Å². The Labute approximate surface area is 277 Å². The first kappa shape index (κ1) is 33.5. The molecule has 0 saturated carbocycles. The second-order valence-corrected chi connectivity index (χ2v) is 16.2. The van der Waals surface area contributed by atoms with Crippen LogP contribution < -0.4 is 15.9 Å². The van der Waals surface area contributed by atoms with E-state index >= 15 is 0 Å². The van der Waals surface area contributed by atoms with Crippen LogP contribution in [0, 0.1) is 0 Å². The zero-order valence-corrected chi connectivity index (χ0v) is 28.3. The van der Waals surface area contributed by atoms with E-state index in [0.29, 0.717) is 0 Å². The molecule has 0 aliphatic carbocycles. The minimum atomic E-state index is -2.23. The Morgan fingerprint density at radius 2 is 0.783 bits per heavy atom. The van der Waals surface area contributed by atoms with E-state index in [2.05, 4.69) is 122 Å². The molecule has 0 saturated heterocycles. The first-order valence-corrected chi connectivity index (χ1v) is 19.2. The number of aromatic hydroxyl groups is 2. The van der Waals surface area contributed by atoms with Gasteiger partial charge >= 0.3 is 0 Å². The molecule has 0 spiro atoms. The standard InChI is InChI=1S/C43H49O2P/c1-2-3-4-5-6-7-8-9-19-34-43(36-26-30-38(44)31-27-36,37-28-32-39(45)33-29-37)35-46(40-20-13-10-14-21-40,41-22-15-11-16-23-41)42-24-17-12-18-25-42/h10-18,20-33H,2-9,19,34-35H2,1H3,(H-,44,45)/p+1. The lowest BCUT2D eigenvalue weighted by molar-refractivity contribution is 0.461. The summed E-state index contributed by atoms with van der Waals surface area (Å²) >= 11 is 0. The maximum Gasteiger partial charge on any atom is 0.115 e. The van der Waals surface area contributed by atoms with E-state index in [1.165, 1.54) is 78.4 Å². The van der Waals surface area contributed by atoms with E-state index in [1.807, 2.05) is 24.3 Å². The molecule has 2 N–H and O–H groups in total. The Bertz CT molecular complexity index is 1420. The molecule has 5 aromatic carbocycles. The number of phenolic OH excluding ortho intramolecular Hbond substituents is 2. The summed E-state index contributed by atoms with van der Waals surface area (Å²) in [6.45, 7) is 2.28. The summed E-state index contributed by atoms with van der Waals surface area (Å²) in [5.41, 5.74) is 2.06. The fourth-order valence-corrected chi connectivity index (χ4v) is 12.0. The maximum atomic E-state index is 10.4. The first-order chi connectivity index (χ1) is 22.6. The van der Waals surface area contributed by atoms with Gasteiger partial charge in [0.1, 0.15) is 34.7 Å². The molecule has 0 aliphatic heterocycles. The van der Waals surface area contributed by atoms with E-state index in [0.717, 1.165) is 19.0 Å². The number of hydrogen-bond donors (Lipinski definition) is 2. The van der Waals surface area contributed by atoms with Gasteiger partial charge in [0, 0.05) is 0 Å². The molecule has 0 aromatic heterocycles. The van der Waals surface area contributed by atoms with Gasteiger partial charge in [0.15, 0.2) is 0 Å². The second-order valence-electron chi connectivity index (χ2n) is 12.7. The largest absolute Gasteiger partial charge is 0.508 e. The van der Waals surface area contributed by atoms with Crippen molar-refractivity contribution in [3.05, 3.63) is 151 Å². The van der Waals surface area contributed by atoms with Crippen LogP contribution in [0.25, 0.3) is 0 Å². The van der Waals surface area contributed by atoms with E-state index in [-0.39, 0.29) is 16.9 Å². The Morgan fingerprint density at radius 3 is 1.15 bits per heavy atom. The van der Waals surface area contributed by atoms with Crippen LogP contribution in [0.4, 0.5) is 0 Å². The smallest absolute Gasteiger partial charge is 0.115 e. The highest BCUT2D eigenvalue weighted by atomic mass is 31.2. The molecule has 0 unspecified atom stereocenters. The Kier molecular flexibility index (Phi) is 12.1. The highest BCUT2D eigenvalue weighted by Crippen LogP contribution is 2.61. The molecular formula is C43H50O2P+. The number of benzene rings is 5. The molecular weight excluding hydrogens is 579 g/mol. The van der Waals surface area contributed by atoms with Crippen molar-refractivity contribution in [2.75, 3.05) is 6.16 Å². The van der Waals surface area contributed by atoms with Gasteiger partial charge in [-0.05, 0) is 78.2 Å². The third kappa shape index (κ3) is 7.91. The van der Waals surface area contributed by atoms with Gasteiger partial charge in [0.25, 0.3) is 0 Å². The van der Waals surface area contributed by atoms with Gasteiger partial charge in [-0.1, -0.05) is 144 Å². The van der Waals surface area contributed by atoms with Crippen molar-refractivity contribution in [3.63, 3.8) is 0 Å². The topological polar surface area (TPSA) is 40.5 Å². The van der Waals surface area contributed by atoms with Crippen molar-refractivity contribution in [1.29, 1.82) is 0 Å². The molecule has 0 heterocycles. The van der Waals surface area contributed by atoms with Crippen LogP contribution in [0.3, 0.4) is 0 Å². The zero-order valence-electron chi connectivity index (χ0n) is 27.4. The third-order valence-corrected chi connectivity index (χ3v) is 14.2. The first-order valence-electron chi connectivity index (χ1n) is 17.2. The van der Waals surface area contributed by atoms with Crippen LogP contribution >= 0.6 is 7.26 Å². The van der Waals surface area contributed by atoms with Crippen LogP contribution in [0.1, 0.15) is 82.3 Å². The summed E-state index contributed by atoms with van der Waals surface area (Å²) in [7, 11) is -2.23. The molecule has 2 nitrogen and oxygen atoms in total. The van der Waals surface area contributed by atoms with Crippen LogP contribution in [-0.2, 0) is 5.41 Å². The molecule has 5 rings (SSSR count). The number of phenols is 2. The monoisotopic (exact) mass is 629 g/mol. The van der Waals surface area contributed by atoms with Crippen molar-refractivity contribution in [2.24, 2.45) is 0 Å². The van der Waals surface area contributed by atoms with Gasteiger partial charge in [0.05, 0.1) is 11.6 Å². The Balaban J connectivity index is 1.65. The van der Waals surface area contributed by atoms with Crippen LogP contribution in [0.15, 0.2) is 140 Å². The van der Waals surface area contributed by atoms with Gasteiger partial charge in [-0.2, -0.15) is 0 Å². The molecule has 0 amide bonds. The van der Waals surface area contributed by atoms with Crippen molar-refractivity contribution in [3.8, 4) is 11.5 Å². The van der Waals surface area contributed by atoms with Gasteiger partial charge in [-0.15, -0.1) is 0 Å². The van der Waals surface area contributed by atoms with Gasteiger partial charge in [-0.25, -0.2) is 0 Å². The van der Waals surface area contributed by atoms with Crippen LogP contribution in [0.5, 0.6) is 11.5 Å². The Morgan fingerprint density at radius 1 is 0.435 bits per heavy atom. The second kappa shape index (κ2) is 16.6. The van der Waals surface area contributed by atoms with Crippen molar-refractivity contribution < 1.29 is 10.2 Å². The molecule has 238 valence electrons. The van der Waals surface area contributed by atoms with Crippen molar-refractivity contribution in [1.82, 2.24) is 0 Å². The molecule has 46 heavy (non-hydrogen) atoms. The summed E-state index contributed by atoms with van der Waals surface area (Å²) in [4.78, 5) is 0. The summed E-state index contributed by atoms with van der Waals surface area (Å²) in [6.07, 6.45) is 13.4. The van der Waals surface area contributed by atoms with Crippen molar-refractivity contribution in [2.45, 2.75) is 76.5 Å². The summed E-state index contributed by atoms with van der Waals surface area (Å²) in [5.74, 6) is 0.559. The molecule has 3 heteroatoms. The zero-order chi connectivity index (χ0) is 32.1. The fourth-order valence-electron chi connectivity index (χ4n) is 7.19. The third-order valence-electron chi connectivity index (χ3n) is 9.64. The number of rotatable bonds is 17. The highest BCUT2D eigenvalue weighted by Gasteiger charge is 2.53. The SMILES string of the molecule is CCCCCCCCCCCC(C[P+](c1ccccc1)(c1ccccc1)c1ccccc1)(c1ccc(O)cc1)c1ccc(O)cc1. The van der Waals surface area contributed by atoms with Crippen LogP contribution in [-0.4, -0.2) is 16.4 Å². The minimum Gasteiger partial charge on any atom is -0.508 e. The maximum absolute atomic E-state index is 10.4. The lowest BCUT2D eigenvalue weighted by Gasteiger charge is -2.40. The van der Waals surface area contributed by atoms with Gasteiger partial charge in [-0.3, -0.25) is 0 Å². The molecule has 0 radical (unpaired) electrons. The van der Waals surface area contributed by atoms with E-state index < -0.39 is 7.26 Å². The summed E-state index contributed by atoms with van der Waals surface area (Å²) < 4.78 is 0. The number of unbranched alkanes of at least 4 members (excludes halogenated alkanes) is 8.